The molecule has 0 aliphatic heterocycles. The first-order valence-corrected chi connectivity index (χ1v) is 42.9. The van der Waals surface area contributed by atoms with Crippen molar-refractivity contribution in [2.75, 3.05) is 0 Å². The Morgan fingerprint density at radius 3 is 1.32 bits per heavy atom. The first-order valence-electron chi connectivity index (χ1n) is 40.7. The van der Waals surface area contributed by atoms with E-state index in [1.807, 2.05) is 227 Å². The number of fused-ring (bicyclic) bond motifs is 6. The lowest BCUT2D eigenvalue weighted by atomic mass is 10.0. The molecule has 0 unspecified atom stereocenters. The van der Waals surface area contributed by atoms with Crippen molar-refractivity contribution in [1.82, 2.24) is 30.8 Å². The van der Waals surface area contributed by atoms with Gasteiger partial charge < -0.3 is 56.1 Å². The van der Waals surface area contributed by atoms with Crippen LogP contribution in [0.3, 0.4) is 0 Å². The molecule has 9 N–H and O–H groups in total. The molecule has 1 aromatic heterocycles. The molecule has 35 heteroatoms. The van der Waals surface area contributed by atoms with Crippen molar-refractivity contribution in [3.63, 3.8) is 0 Å². The van der Waals surface area contributed by atoms with Gasteiger partial charge in [0.15, 0.2) is 28.6 Å². The van der Waals surface area contributed by atoms with Crippen LogP contribution in [0.25, 0.3) is 47.1 Å². The second-order valence-electron chi connectivity index (χ2n) is 35.2. The van der Waals surface area contributed by atoms with Gasteiger partial charge in [-0.2, -0.15) is 104 Å². The molecule has 0 spiro atoms. The summed E-state index contributed by atoms with van der Waals surface area (Å²) in [6.45, 7) is 67.9. The van der Waals surface area contributed by atoms with E-state index in [-0.39, 0.29) is 146 Å². The number of oxime groups is 1. The first kappa shape index (κ1) is 115. The van der Waals surface area contributed by atoms with E-state index in [4.69, 9.17) is 73.0 Å². The van der Waals surface area contributed by atoms with Crippen LogP contribution in [0.15, 0.2) is 141 Å². The number of rotatable bonds is 11. The first-order chi connectivity index (χ1) is 57.5. The van der Waals surface area contributed by atoms with Gasteiger partial charge in [0.2, 0.25) is 11.5 Å². The molecule has 0 saturated carbocycles. The zero-order valence-corrected chi connectivity index (χ0v) is 84.7. The Morgan fingerprint density at radius 1 is 0.481 bits per heavy atom. The molecule has 696 valence electrons. The third-order valence-electron chi connectivity index (χ3n) is 20.2. The number of hydrogen-bond donors (Lipinski definition) is 7. The van der Waals surface area contributed by atoms with Crippen LogP contribution < -0.4 is 36.9 Å². The van der Waals surface area contributed by atoms with E-state index in [1.54, 1.807) is 18.2 Å². The Kier molecular flexibility index (Phi) is 45.3. The number of nitrogens with two attached hydrogens (primary N) is 2. The van der Waals surface area contributed by atoms with Crippen LogP contribution in [-0.2, 0) is 74.7 Å². The average molecular weight is 1930 g/mol. The number of amidine groups is 1. The topological polar surface area (TPSA) is 328 Å². The number of nitrogens with one attached hydrogen (secondary N) is 4. The third kappa shape index (κ3) is 31.5. The number of hydrogen-bond acceptors (Lipinski definition) is 15. The Hall–Kier alpha value is -9.65. The van der Waals surface area contributed by atoms with Gasteiger partial charge in [0.25, 0.3) is 5.89 Å². The molecule has 7 aromatic carbocycles. The summed E-state index contributed by atoms with van der Waals surface area (Å²) in [4.78, 5) is 58.2. The van der Waals surface area contributed by atoms with Crippen molar-refractivity contribution >= 4 is 175 Å². The average Bonchev–Trinajstić information content (AvgIpc) is 1.62. The molecule has 6 aliphatic carbocycles. The maximum atomic E-state index is 12.3. The summed E-state index contributed by atoms with van der Waals surface area (Å²) in [6.07, 6.45) is 8.80. The minimum atomic E-state index is -1.23. The molecule has 129 heavy (non-hydrogen) atoms. The SMILES string of the molecule is CC(C)(C)OC(=O)N[C@H]1CCc2c(C(N)=NO)cccc21.S.S.S.S.S.S.S.[C-]#[N+]c1cc(-c2nc(-c3cccc4c3CC[C@@H]4NC(=O)OC(C)(C)C)no2)ccc1OC(C)C.[C-]#[N+]c1cccc2c1CCC2=N[S@@](=O)C(C)(C)C.[C-]#[N+]c1cccc2c1CC[C@@H]2N.[C-]#[N+]c1cccc2c1CC[C@@H]2NC(=O)OC(C)(C)C.[C-]#[N+]c1cccc2c1CC[C@@H]2N[S@@](=O)C(C)(C)C. The van der Waals surface area contributed by atoms with E-state index in [1.165, 1.54) is 11.1 Å². The number of carbonyl (C=O) groups excluding carboxylic acids is 3. The van der Waals surface area contributed by atoms with Gasteiger partial charge in [0.05, 0.1) is 83.3 Å². The fourth-order valence-corrected chi connectivity index (χ4v) is 16.3. The maximum absolute atomic E-state index is 12.3. The van der Waals surface area contributed by atoms with Crippen LogP contribution in [0.4, 0.5) is 42.8 Å². The second-order valence-corrected chi connectivity index (χ2v) is 39.2. The van der Waals surface area contributed by atoms with Crippen molar-refractivity contribution in [3.05, 3.63) is 257 Å². The predicted molar refractivity (Wildman–Crippen MR) is 551 cm³/mol. The van der Waals surface area contributed by atoms with E-state index in [0.29, 0.717) is 45.7 Å². The monoisotopic (exact) mass is 1930 g/mol. The molecule has 0 bridgehead atoms. The van der Waals surface area contributed by atoms with Crippen molar-refractivity contribution in [2.24, 2.45) is 21.0 Å². The lowest BCUT2D eigenvalue weighted by molar-refractivity contribution is 0.0492. The van der Waals surface area contributed by atoms with Gasteiger partial charge in [-0.15, -0.1) is 0 Å². The number of alkyl carbamates (subject to hydrolysis) is 3. The lowest BCUT2D eigenvalue weighted by Gasteiger charge is -2.22. The number of benzene rings is 7. The van der Waals surface area contributed by atoms with E-state index in [0.717, 1.165) is 155 Å². The molecule has 0 fully saturated rings. The van der Waals surface area contributed by atoms with Crippen molar-refractivity contribution < 1.29 is 51.5 Å². The molecule has 3 amide bonds. The van der Waals surface area contributed by atoms with Crippen LogP contribution in [-0.4, -0.2) is 86.0 Å². The molecule has 14 rings (SSSR count). The number of carbonyl (C=O) groups is 3. The summed E-state index contributed by atoms with van der Waals surface area (Å²) >= 11 is 0. The van der Waals surface area contributed by atoms with Crippen LogP contribution >= 0.6 is 94.5 Å². The van der Waals surface area contributed by atoms with E-state index in [2.05, 4.69) is 64.6 Å². The summed E-state index contributed by atoms with van der Waals surface area (Å²) < 4.78 is 58.3. The van der Waals surface area contributed by atoms with Gasteiger partial charge in [0, 0.05) is 28.8 Å². The standard InChI is InChI=1S/C26H28N4O4.C15H21N3O3.C15H18N2O2.C14H18N2OS.C14H16N2OS.C10H10N2.7H2S/c1-15(2)32-22-13-10-16(14-21(22)27-6)24-29-23(30-34-24)19-9-7-8-18-17(19)11-12-20(18)28-25(31)33-26(3,4)5;1-15(2,3)21-14(19)17-12-8-7-9-10(12)5-4-6-11(9)13(16)18-20;1-15(2,3)19-14(18)17-13-9-8-11-10(13)6-5-7-12(11)16-4;2*1-14(2,3)18(17)16-13-9-8-11-10(13)6-5-7-12(11)15-4;1-12-10-4-2-3-7-8(10)5-6-9(7)11;;;;;;;/h7-10,13-15,20H,11-12H2,1-5H3,(H,28,31);4-6,12,20H,7-8H2,1-3H3,(H2,16,18)(H,17,19);5-7,13H,8-9H2,1-3H3,(H,17,18);5-7,13,16H,8-9H2,1-3H3;5-7H,8-9H2,1-3H3;2-4,9H,5-6,11H2;7*1H2/t20-;12-;13-;13-,18-;18-;9-;;;;;;;/m000000......./s1. The molecule has 7 atom stereocenters. The molecule has 8 aromatic rings. The number of ether oxygens (including phenoxy) is 4. The van der Waals surface area contributed by atoms with Crippen molar-refractivity contribution in [1.29, 1.82) is 0 Å². The highest BCUT2D eigenvalue weighted by atomic mass is 32.2. The largest absolute Gasteiger partial charge is 0.502 e. The minimum Gasteiger partial charge on any atom is -0.502 e. The summed E-state index contributed by atoms with van der Waals surface area (Å²) in [6, 6.07) is 39.6. The van der Waals surface area contributed by atoms with Crippen molar-refractivity contribution in [2.45, 2.75) is 257 Å². The van der Waals surface area contributed by atoms with Crippen LogP contribution in [0.5, 0.6) is 5.75 Å². The maximum Gasteiger partial charge on any atom is 0.408 e. The van der Waals surface area contributed by atoms with E-state index >= 15 is 0 Å². The van der Waals surface area contributed by atoms with Gasteiger partial charge in [-0.05, 0) is 280 Å². The summed E-state index contributed by atoms with van der Waals surface area (Å²) in [5, 5.41) is 24.8. The van der Waals surface area contributed by atoms with E-state index < -0.39 is 57.1 Å². The lowest BCUT2D eigenvalue weighted by Crippen LogP contribution is -2.35. The minimum absolute atomic E-state index is 0. The van der Waals surface area contributed by atoms with Gasteiger partial charge in [-0.25, -0.2) is 51.7 Å². The Morgan fingerprint density at radius 2 is 0.868 bits per heavy atom. The van der Waals surface area contributed by atoms with Gasteiger partial charge in [-0.3, -0.25) is 0 Å². The summed E-state index contributed by atoms with van der Waals surface area (Å²) in [7, 11) is -2.30. The molecule has 0 saturated heterocycles. The predicted octanol–water partition coefficient (Wildman–Crippen LogP) is 22.0. The quantitative estimate of drug-likeness (QED) is 0.0158. The Labute approximate surface area is 814 Å². The molecule has 6 aliphatic rings. The number of aromatic nitrogens is 2. The van der Waals surface area contributed by atoms with Gasteiger partial charge in [-0.1, -0.05) is 120 Å². The highest BCUT2D eigenvalue weighted by molar-refractivity contribution is 7.85. The smallest absolute Gasteiger partial charge is 0.408 e. The number of amides is 3. The number of nitrogens with zero attached hydrogens (tertiary/aromatic N) is 9. The fourth-order valence-electron chi connectivity index (χ4n) is 14.8. The zero-order valence-electron chi connectivity index (χ0n) is 76.1. The third-order valence-corrected chi connectivity index (χ3v) is 23.3. The Bertz CT molecular complexity index is 5540. The zero-order chi connectivity index (χ0) is 89.3. The van der Waals surface area contributed by atoms with E-state index in [9.17, 15) is 22.8 Å². The van der Waals surface area contributed by atoms with Crippen LogP contribution in [0.2, 0.25) is 0 Å². The summed E-state index contributed by atoms with van der Waals surface area (Å²) in [5.41, 5.74) is 29.2. The molecule has 0 radical (unpaired) electrons. The highest BCUT2D eigenvalue weighted by Gasteiger charge is 2.35. The molecule has 26 nitrogen and oxygen atoms in total. The fraction of sp³-hybridized carbons (Fsp3) is 0.426. The van der Waals surface area contributed by atoms with Crippen molar-refractivity contribution in [3.8, 4) is 28.6 Å². The molecule has 1 heterocycles. The van der Waals surface area contributed by atoms with Crippen LogP contribution in [0, 0.1) is 32.9 Å². The summed E-state index contributed by atoms with van der Waals surface area (Å²) in [5.74, 6) is 1.41. The van der Waals surface area contributed by atoms with Crippen LogP contribution in [0.1, 0.15) is 259 Å². The molecular formula is C94H125N15O11S9. The molecular weight excluding hydrogens is 1800 g/mol. The second kappa shape index (κ2) is 50.7. The normalized spacial score (nSPS) is 16.8. The highest BCUT2D eigenvalue weighted by Crippen LogP contribution is 2.43. The Balaban J connectivity index is 0.000000532. The van der Waals surface area contributed by atoms with Gasteiger partial charge >= 0.3 is 18.3 Å². The van der Waals surface area contributed by atoms with Gasteiger partial charge in [0.1, 0.15) is 33.5 Å².